The minimum atomic E-state index is -0.473. The van der Waals surface area contributed by atoms with Crippen LogP contribution in [0, 0.1) is 5.92 Å². The van der Waals surface area contributed by atoms with Crippen LogP contribution in [0.4, 0.5) is 0 Å². The van der Waals surface area contributed by atoms with Gasteiger partial charge < -0.3 is 9.64 Å². The molecule has 1 aliphatic heterocycles. The molecule has 1 amide bonds. The van der Waals surface area contributed by atoms with Crippen molar-refractivity contribution in [2.75, 3.05) is 13.7 Å². The molecule has 1 heterocycles. The number of allylic oxidation sites excluding steroid dienone is 1. The second-order valence-corrected chi connectivity index (χ2v) is 8.19. The lowest BCUT2D eigenvalue weighted by Gasteiger charge is -2.20. The van der Waals surface area contributed by atoms with Gasteiger partial charge in [0.2, 0.25) is 0 Å². The van der Waals surface area contributed by atoms with Gasteiger partial charge in [-0.2, -0.15) is 0 Å². The third kappa shape index (κ3) is 4.06. The topological polar surface area (TPSA) is 46.6 Å². The second kappa shape index (κ2) is 7.48. The van der Waals surface area contributed by atoms with E-state index < -0.39 is 5.97 Å². The van der Waals surface area contributed by atoms with Crippen LogP contribution in [0.15, 0.2) is 41.1 Å². The number of nitrogens with zero attached hydrogens (tertiary/aromatic N) is 1. The van der Waals surface area contributed by atoms with Gasteiger partial charge in [0.15, 0.2) is 0 Å². The number of benzene rings is 1. The summed E-state index contributed by atoms with van der Waals surface area (Å²) >= 11 is 0. The summed E-state index contributed by atoms with van der Waals surface area (Å²) in [7, 11) is 1.34. The minimum Gasteiger partial charge on any atom is -0.465 e. The molecule has 0 aliphatic carbocycles. The number of hydrogen-bond acceptors (Lipinski definition) is 3. The van der Waals surface area contributed by atoms with E-state index in [0.29, 0.717) is 29.3 Å². The van der Waals surface area contributed by atoms with E-state index >= 15 is 0 Å². The number of hydrogen-bond donors (Lipinski definition) is 0. The Morgan fingerprint density at radius 1 is 1.19 bits per heavy atom. The van der Waals surface area contributed by atoms with Crippen molar-refractivity contribution in [1.29, 1.82) is 0 Å². The predicted molar refractivity (Wildman–Crippen MR) is 104 cm³/mol. The molecule has 0 spiro atoms. The fourth-order valence-electron chi connectivity index (χ4n) is 3.06. The number of esters is 1. The molecule has 1 aromatic carbocycles. The van der Waals surface area contributed by atoms with Gasteiger partial charge in [-0.15, -0.1) is 0 Å². The van der Waals surface area contributed by atoms with E-state index in [1.807, 2.05) is 26.0 Å². The van der Waals surface area contributed by atoms with Crippen molar-refractivity contribution >= 4 is 18.0 Å². The molecule has 0 aromatic heterocycles. The van der Waals surface area contributed by atoms with Gasteiger partial charge in [-0.3, -0.25) is 4.79 Å². The zero-order valence-corrected chi connectivity index (χ0v) is 16.8. The maximum absolute atomic E-state index is 12.9. The van der Waals surface area contributed by atoms with E-state index in [1.54, 1.807) is 17.9 Å². The zero-order chi connectivity index (χ0) is 19.6. The summed E-state index contributed by atoms with van der Waals surface area (Å²) in [4.78, 5) is 26.9. The molecule has 2 rings (SSSR count). The van der Waals surface area contributed by atoms with E-state index in [0.717, 1.165) is 5.56 Å². The molecule has 1 aliphatic rings. The quantitative estimate of drug-likeness (QED) is 0.597. The van der Waals surface area contributed by atoms with Crippen molar-refractivity contribution in [2.24, 2.45) is 5.92 Å². The maximum Gasteiger partial charge on any atom is 0.340 e. The van der Waals surface area contributed by atoms with Crippen LogP contribution in [0.2, 0.25) is 0 Å². The Balaban J connectivity index is 2.46. The van der Waals surface area contributed by atoms with Crippen molar-refractivity contribution < 1.29 is 14.3 Å². The number of methoxy groups -OCH3 is 1. The fourth-order valence-corrected chi connectivity index (χ4v) is 3.06. The smallest absolute Gasteiger partial charge is 0.340 e. The third-order valence-corrected chi connectivity index (χ3v) is 4.54. The first kappa shape index (κ1) is 20.0. The Labute approximate surface area is 156 Å². The van der Waals surface area contributed by atoms with Crippen molar-refractivity contribution in [3.63, 3.8) is 0 Å². The summed E-state index contributed by atoms with van der Waals surface area (Å²) in [6.45, 7) is 12.9. The van der Waals surface area contributed by atoms with Gasteiger partial charge in [0.05, 0.1) is 18.3 Å². The summed E-state index contributed by atoms with van der Waals surface area (Å²) in [5.74, 6) is -0.311. The second-order valence-electron chi connectivity index (χ2n) is 8.19. The van der Waals surface area contributed by atoms with Gasteiger partial charge in [0.1, 0.15) is 0 Å². The number of carbonyl (C=O) groups excluding carboxylic acids is 2. The minimum absolute atomic E-state index is 0.0661. The van der Waals surface area contributed by atoms with Crippen LogP contribution in [0.1, 0.15) is 52.7 Å². The van der Waals surface area contributed by atoms with Gasteiger partial charge in [-0.25, -0.2) is 4.79 Å². The molecule has 0 radical (unpaired) electrons. The van der Waals surface area contributed by atoms with Crippen LogP contribution in [-0.2, 0) is 19.7 Å². The molecule has 0 saturated heterocycles. The van der Waals surface area contributed by atoms with E-state index in [2.05, 4.69) is 32.9 Å². The largest absolute Gasteiger partial charge is 0.465 e. The summed E-state index contributed by atoms with van der Waals surface area (Å²) < 4.78 is 4.92. The Morgan fingerprint density at radius 2 is 1.77 bits per heavy atom. The highest BCUT2D eigenvalue weighted by Gasteiger charge is 2.37. The zero-order valence-electron chi connectivity index (χ0n) is 16.8. The molecule has 0 N–H and O–H groups in total. The highest BCUT2D eigenvalue weighted by molar-refractivity contribution is 6.16. The van der Waals surface area contributed by atoms with Crippen LogP contribution in [-0.4, -0.2) is 30.4 Å². The first-order valence-electron chi connectivity index (χ1n) is 9.00. The molecule has 140 valence electrons. The summed E-state index contributed by atoms with van der Waals surface area (Å²) in [5, 5.41) is 0. The predicted octanol–water partition coefficient (Wildman–Crippen LogP) is 4.31. The van der Waals surface area contributed by atoms with Crippen molar-refractivity contribution in [3.05, 3.63) is 52.2 Å². The van der Waals surface area contributed by atoms with Crippen molar-refractivity contribution in [3.8, 4) is 0 Å². The molecule has 0 bridgehead atoms. The van der Waals surface area contributed by atoms with Crippen molar-refractivity contribution in [2.45, 2.75) is 47.0 Å². The molecule has 0 saturated carbocycles. The highest BCUT2D eigenvalue weighted by atomic mass is 16.5. The lowest BCUT2D eigenvalue weighted by atomic mass is 9.86. The highest BCUT2D eigenvalue weighted by Crippen LogP contribution is 2.32. The fraction of sp³-hybridized carbons (Fsp3) is 0.455. The molecule has 0 unspecified atom stereocenters. The van der Waals surface area contributed by atoms with Crippen LogP contribution in [0.25, 0.3) is 6.08 Å². The molecule has 26 heavy (non-hydrogen) atoms. The van der Waals surface area contributed by atoms with Crippen LogP contribution in [0.5, 0.6) is 0 Å². The first-order valence-corrected chi connectivity index (χ1v) is 9.00. The summed E-state index contributed by atoms with van der Waals surface area (Å²) in [6.07, 6.45) is 1.78. The Morgan fingerprint density at radius 3 is 2.23 bits per heavy atom. The van der Waals surface area contributed by atoms with Crippen LogP contribution >= 0.6 is 0 Å². The molecule has 0 fully saturated rings. The molecule has 4 nitrogen and oxygen atoms in total. The molecule has 1 aromatic rings. The monoisotopic (exact) mass is 355 g/mol. The van der Waals surface area contributed by atoms with E-state index in [4.69, 9.17) is 4.74 Å². The van der Waals surface area contributed by atoms with Gasteiger partial charge in [-0.1, -0.05) is 58.9 Å². The standard InChI is InChI=1S/C22H29NO3/c1-14(2)13-23-15(3)19(21(25)26-7)18(20(23)24)12-16-8-10-17(11-9-16)22(4,5)6/h8-12,14H,13H2,1-7H3/b18-12+. The lowest BCUT2D eigenvalue weighted by molar-refractivity contribution is -0.136. The SMILES string of the molecule is COC(=O)C1=C(C)N(CC(C)C)C(=O)/C1=C/c1ccc(C(C)(C)C)cc1. The number of carbonyl (C=O) groups is 2. The van der Waals surface area contributed by atoms with E-state index in [1.165, 1.54) is 12.7 Å². The number of rotatable bonds is 4. The molecular formula is C22H29NO3. The Kier molecular flexibility index (Phi) is 5.74. The number of amides is 1. The normalized spacial score (nSPS) is 16.8. The van der Waals surface area contributed by atoms with Gasteiger partial charge in [0.25, 0.3) is 5.91 Å². The Bertz CT molecular complexity index is 762. The van der Waals surface area contributed by atoms with E-state index in [9.17, 15) is 9.59 Å². The Hall–Kier alpha value is -2.36. The third-order valence-electron chi connectivity index (χ3n) is 4.54. The van der Waals surface area contributed by atoms with Gasteiger partial charge >= 0.3 is 5.97 Å². The van der Waals surface area contributed by atoms with Crippen LogP contribution < -0.4 is 0 Å². The van der Waals surface area contributed by atoms with Gasteiger partial charge in [0, 0.05) is 12.2 Å². The summed E-state index contributed by atoms with van der Waals surface area (Å²) in [6, 6.07) is 8.09. The first-order chi connectivity index (χ1) is 12.1. The lowest BCUT2D eigenvalue weighted by Crippen LogP contribution is -2.28. The molecular weight excluding hydrogens is 326 g/mol. The summed E-state index contributed by atoms with van der Waals surface area (Å²) in [5.41, 5.74) is 3.60. The van der Waals surface area contributed by atoms with E-state index in [-0.39, 0.29) is 11.3 Å². The van der Waals surface area contributed by atoms with Crippen LogP contribution in [0.3, 0.4) is 0 Å². The van der Waals surface area contributed by atoms with Crippen molar-refractivity contribution in [1.82, 2.24) is 4.90 Å². The maximum atomic E-state index is 12.9. The van der Waals surface area contributed by atoms with Gasteiger partial charge in [-0.05, 0) is 35.5 Å². The number of ether oxygens (including phenoxy) is 1. The average Bonchev–Trinajstić information content (AvgIpc) is 2.78. The molecule has 4 heteroatoms. The molecule has 0 atom stereocenters. The average molecular weight is 355 g/mol.